The predicted octanol–water partition coefficient (Wildman–Crippen LogP) is 3.14. The van der Waals surface area contributed by atoms with Crippen LogP contribution in [0.1, 0.15) is 27.4 Å². The van der Waals surface area contributed by atoms with Gasteiger partial charge in [0, 0.05) is 0 Å². The quantitative estimate of drug-likeness (QED) is 0.674. The second-order valence-electron chi connectivity index (χ2n) is 5.76. The Labute approximate surface area is 148 Å². The Kier molecular flexibility index (Phi) is 4.59. The number of carbonyl (C=O) groups excluding carboxylic acids is 2. The second-order valence-corrected chi connectivity index (χ2v) is 6.77. The van der Waals surface area contributed by atoms with Crippen LogP contribution in [0.15, 0.2) is 33.7 Å². The summed E-state index contributed by atoms with van der Waals surface area (Å²) < 4.78 is 12.8. The van der Waals surface area contributed by atoms with Crippen molar-refractivity contribution in [1.82, 2.24) is 4.57 Å². The van der Waals surface area contributed by atoms with Crippen LogP contribution in [0.3, 0.4) is 0 Å². The molecule has 0 spiro atoms. The normalized spacial score (nSPS) is 11.9. The molecule has 0 aliphatic rings. The van der Waals surface area contributed by atoms with Crippen LogP contribution in [0, 0.1) is 20.8 Å². The Morgan fingerprint density at radius 3 is 2.64 bits per heavy atom. The van der Waals surface area contributed by atoms with Crippen molar-refractivity contribution in [1.29, 1.82) is 0 Å². The number of aryl methyl sites for hydroxylation is 3. The molecule has 0 saturated heterocycles. The van der Waals surface area contributed by atoms with Gasteiger partial charge in [0.2, 0.25) is 0 Å². The maximum Gasteiger partial charge on any atom is 0.325 e. The molecule has 0 N–H and O–H groups in total. The van der Waals surface area contributed by atoms with Crippen LogP contribution in [0.5, 0.6) is 0 Å². The third-order valence-electron chi connectivity index (χ3n) is 3.82. The number of rotatable bonds is 3. The summed E-state index contributed by atoms with van der Waals surface area (Å²) in [6.45, 7) is 5.49. The number of hydrogen-bond acceptors (Lipinski definition) is 5. The molecule has 0 fully saturated rings. The largest absolute Gasteiger partial charge is 0.468 e. The van der Waals surface area contributed by atoms with E-state index in [1.54, 1.807) is 24.5 Å². The summed E-state index contributed by atoms with van der Waals surface area (Å²) in [5.74, 6) is 0.397. The Hall–Kier alpha value is -2.67. The monoisotopic (exact) mass is 358 g/mol. The average molecular weight is 358 g/mol. The highest BCUT2D eigenvalue weighted by molar-refractivity contribution is 7.16. The molecule has 0 radical (unpaired) electrons. The van der Waals surface area contributed by atoms with Crippen molar-refractivity contribution in [2.75, 3.05) is 7.11 Å². The van der Waals surface area contributed by atoms with Crippen LogP contribution >= 0.6 is 11.3 Å². The maximum atomic E-state index is 12.6. The molecule has 0 unspecified atom stereocenters. The number of fused-ring (bicyclic) bond motifs is 1. The topological polar surface area (TPSA) is 73.8 Å². The van der Waals surface area contributed by atoms with Crippen LogP contribution in [0.2, 0.25) is 0 Å². The predicted molar refractivity (Wildman–Crippen MR) is 94.6 cm³/mol. The van der Waals surface area contributed by atoms with E-state index in [9.17, 15) is 9.59 Å². The molecule has 130 valence electrons. The van der Waals surface area contributed by atoms with Gasteiger partial charge in [-0.05, 0) is 44.5 Å². The lowest BCUT2D eigenvalue weighted by atomic mass is 10.2. The van der Waals surface area contributed by atoms with Gasteiger partial charge in [0.15, 0.2) is 4.80 Å². The van der Waals surface area contributed by atoms with Crippen LogP contribution in [0.25, 0.3) is 10.2 Å². The van der Waals surface area contributed by atoms with Crippen molar-refractivity contribution in [2.45, 2.75) is 27.3 Å². The fraction of sp³-hybridized carbons (Fsp3) is 0.278. The lowest BCUT2D eigenvalue weighted by Crippen LogP contribution is -2.22. The van der Waals surface area contributed by atoms with Crippen LogP contribution in [-0.4, -0.2) is 23.6 Å². The van der Waals surface area contributed by atoms with Crippen molar-refractivity contribution in [3.05, 3.63) is 51.7 Å². The van der Waals surface area contributed by atoms with Gasteiger partial charge in [-0.25, -0.2) is 0 Å². The first-order valence-electron chi connectivity index (χ1n) is 7.72. The van der Waals surface area contributed by atoms with Crippen LogP contribution < -0.4 is 4.80 Å². The minimum atomic E-state index is -0.399. The van der Waals surface area contributed by atoms with E-state index in [2.05, 4.69) is 4.99 Å². The number of benzene rings is 1. The molecule has 0 saturated carbocycles. The van der Waals surface area contributed by atoms with Gasteiger partial charge in [-0.3, -0.25) is 9.59 Å². The lowest BCUT2D eigenvalue weighted by molar-refractivity contribution is -0.141. The average Bonchev–Trinajstić information content (AvgIpc) is 3.06. The van der Waals surface area contributed by atoms with Crippen molar-refractivity contribution in [3.63, 3.8) is 0 Å². The zero-order valence-electron chi connectivity index (χ0n) is 14.5. The molecular weight excluding hydrogens is 340 g/mol. The fourth-order valence-electron chi connectivity index (χ4n) is 2.60. The molecule has 3 aromatic rings. The van der Waals surface area contributed by atoms with Crippen molar-refractivity contribution < 1.29 is 18.7 Å². The third-order valence-corrected chi connectivity index (χ3v) is 4.86. The van der Waals surface area contributed by atoms with E-state index < -0.39 is 11.9 Å². The van der Waals surface area contributed by atoms with E-state index in [1.165, 1.54) is 18.4 Å². The van der Waals surface area contributed by atoms with Gasteiger partial charge in [0.1, 0.15) is 18.1 Å². The first-order chi connectivity index (χ1) is 11.9. The van der Waals surface area contributed by atoms with E-state index in [-0.39, 0.29) is 6.54 Å². The number of esters is 1. The lowest BCUT2D eigenvalue weighted by Gasteiger charge is -2.03. The van der Waals surface area contributed by atoms with Crippen molar-refractivity contribution >= 4 is 33.4 Å². The van der Waals surface area contributed by atoms with Gasteiger partial charge < -0.3 is 13.7 Å². The number of methoxy groups -OCH3 is 1. The zero-order valence-corrected chi connectivity index (χ0v) is 15.3. The molecule has 0 atom stereocenters. The molecule has 1 amide bonds. The number of hydrogen-bond donors (Lipinski definition) is 0. The summed E-state index contributed by atoms with van der Waals surface area (Å²) in [4.78, 5) is 29.0. The van der Waals surface area contributed by atoms with E-state index in [1.807, 2.05) is 25.1 Å². The molecule has 6 nitrogen and oxygen atoms in total. The van der Waals surface area contributed by atoms with Crippen molar-refractivity contribution in [3.8, 4) is 0 Å². The van der Waals surface area contributed by atoms with E-state index in [0.29, 0.717) is 21.9 Å². The molecule has 3 rings (SSSR count). The number of aromatic nitrogens is 1. The highest BCUT2D eigenvalue weighted by atomic mass is 32.1. The summed E-state index contributed by atoms with van der Waals surface area (Å²) in [5, 5.41) is 0. The first kappa shape index (κ1) is 17.2. The van der Waals surface area contributed by atoms with Crippen LogP contribution in [0.4, 0.5) is 0 Å². The Morgan fingerprint density at radius 2 is 2.00 bits per heavy atom. The molecule has 7 heteroatoms. The number of thiazole rings is 1. The number of carbonyl (C=O) groups is 2. The standard InChI is InChI=1S/C18H18N2O4S/c1-10-5-6-14-15(7-10)25-18(20(14)9-16(21)23-4)19-17(22)13-8-11(2)24-12(13)3/h5-8H,9H2,1-4H3. The summed E-state index contributed by atoms with van der Waals surface area (Å²) in [6, 6.07) is 7.55. The van der Waals surface area contributed by atoms with Gasteiger partial charge in [-0.1, -0.05) is 17.4 Å². The molecule has 2 heterocycles. The highest BCUT2D eigenvalue weighted by Crippen LogP contribution is 2.20. The van der Waals surface area contributed by atoms with Crippen molar-refractivity contribution in [2.24, 2.45) is 4.99 Å². The Bertz CT molecular complexity index is 1040. The highest BCUT2D eigenvalue weighted by Gasteiger charge is 2.15. The molecular formula is C18H18N2O4S. The van der Waals surface area contributed by atoms with Gasteiger partial charge >= 0.3 is 5.97 Å². The van der Waals surface area contributed by atoms with Gasteiger partial charge in [0.05, 0.1) is 22.9 Å². The van der Waals surface area contributed by atoms with Gasteiger partial charge in [0.25, 0.3) is 5.91 Å². The third kappa shape index (κ3) is 3.41. The molecule has 0 aliphatic heterocycles. The zero-order chi connectivity index (χ0) is 18.1. The maximum absolute atomic E-state index is 12.6. The Morgan fingerprint density at radius 1 is 1.24 bits per heavy atom. The second kappa shape index (κ2) is 6.68. The molecule has 25 heavy (non-hydrogen) atoms. The number of ether oxygens (including phenoxy) is 1. The summed E-state index contributed by atoms with van der Waals surface area (Å²) >= 11 is 1.36. The minimum Gasteiger partial charge on any atom is -0.468 e. The number of amides is 1. The van der Waals surface area contributed by atoms with Gasteiger partial charge in [-0.15, -0.1) is 0 Å². The summed E-state index contributed by atoms with van der Waals surface area (Å²) in [7, 11) is 1.33. The SMILES string of the molecule is COC(=O)Cn1c(=NC(=O)c2cc(C)oc2C)sc2cc(C)ccc21. The molecule has 1 aromatic carbocycles. The molecule has 0 bridgehead atoms. The molecule has 2 aromatic heterocycles. The first-order valence-corrected chi connectivity index (χ1v) is 8.53. The van der Waals surface area contributed by atoms with Crippen LogP contribution in [-0.2, 0) is 16.1 Å². The van der Waals surface area contributed by atoms with E-state index in [4.69, 9.17) is 9.15 Å². The van der Waals surface area contributed by atoms with E-state index in [0.717, 1.165) is 15.8 Å². The molecule has 0 aliphatic carbocycles. The minimum absolute atomic E-state index is 0.00489. The summed E-state index contributed by atoms with van der Waals surface area (Å²) in [5.41, 5.74) is 2.36. The number of furan rings is 1. The van der Waals surface area contributed by atoms with E-state index >= 15 is 0 Å². The number of nitrogens with zero attached hydrogens (tertiary/aromatic N) is 2. The smallest absolute Gasteiger partial charge is 0.325 e. The Balaban J connectivity index is 2.16. The fourth-order valence-corrected chi connectivity index (χ4v) is 3.73. The van der Waals surface area contributed by atoms with Gasteiger partial charge in [-0.2, -0.15) is 4.99 Å². The summed E-state index contributed by atoms with van der Waals surface area (Å²) in [6.07, 6.45) is 0.